The zero-order chi connectivity index (χ0) is 29.3. The van der Waals surface area contributed by atoms with Crippen LogP contribution < -0.4 is 11.1 Å². The van der Waals surface area contributed by atoms with Crippen molar-refractivity contribution in [2.75, 3.05) is 13.1 Å². The van der Waals surface area contributed by atoms with Gasteiger partial charge < -0.3 is 26.3 Å². The summed E-state index contributed by atoms with van der Waals surface area (Å²) in [4.78, 5) is 41.0. The van der Waals surface area contributed by atoms with E-state index >= 15 is 0 Å². The first kappa shape index (κ1) is 29.7. The van der Waals surface area contributed by atoms with Crippen molar-refractivity contribution >= 4 is 23.9 Å². The van der Waals surface area contributed by atoms with E-state index in [9.17, 15) is 40.7 Å². The zero-order valence-corrected chi connectivity index (χ0v) is 21.0. The number of nitrogens with zero attached hydrogens (tertiary/aromatic N) is 2. The van der Waals surface area contributed by atoms with Crippen LogP contribution in [0.2, 0.25) is 0 Å². The molecule has 1 heterocycles. The highest BCUT2D eigenvalue weighted by molar-refractivity contribution is 6.35. The van der Waals surface area contributed by atoms with Crippen molar-refractivity contribution in [1.82, 2.24) is 15.1 Å². The molecule has 4 N–H and O–H groups in total. The third kappa shape index (κ3) is 6.09. The average molecular weight is 560 g/mol. The molecule has 1 saturated carbocycles. The highest BCUT2D eigenvalue weighted by atomic mass is 19.4. The molecule has 14 heteroatoms. The highest BCUT2D eigenvalue weighted by Gasteiger charge is 2.70. The summed E-state index contributed by atoms with van der Waals surface area (Å²) >= 11 is 0. The van der Waals surface area contributed by atoms with Gasteiger partial charge in [0.15, 0.2) is 0 Å². The second-order valence-corrected chi connectivity index (χ2v) is 9.59. The van der Waals surface area contributed by atoms with Crippen molar-refractivity contribution in [1.29, 1.82) is 5.41 Å². The average Bonchev–Trinajstić information content (AvgIpc) is 3.69. The largest absolute Gasteiger partial charge is 0.416 e. The molecule has 3 amide bonds. The van der Waals surface area contributed by atoms with Gasteiger partial charge in [-0.25, -0.2) is 0 Å². The minimum atomic E-state index is -4.81. The molecule has 1 aromatic carbocycles. The van der Waals surface area contributed by atoms with Crippen LogP contribution in [0.4, 0.5) is 26.3 Å². The Morgan fingerprint density at radius 3 is 2.26 bits per heavy atom. The van der Waals surface area contributed by atoms with Crippen molar-refractivity contribution in [2.24, 2.45) is 11.1 Å². The number of carbonyl (C=O) groups excluding carboxylic acids is 3. The van der Waals surface area contributed by atoms with E-state index in [1.54, 1.807) is 0 Å². The van der Waals surface area contributed by atoms with Crippen LogP contribution in [0.5, 0.6) is 0 Å². The number of amides is 3. The van der Waals surface area contributed by atoms with Crippen LogP contribution in [0.3, 0.4) is 0 Å². The molecular formula is C25H27F6N5O3. The molecule has 0 aromatic heterocycles. The lowest BCUT2D eigenvalue weighted by atomic mass is 9.95. The lowest BCUT2D eigenvalue weighted by molar-refractivity contribution is -0.201. The van der Waals surface area contributed by atoms with E-state index in [0.717, 1.165) is 40.4 Å². The fourth-order valence-corrected chi connectivity index (χ4v) is 4.44. The first-order valence-electron chi connectivity index (χ1n) is 11.8. The second-order valence-electron chi connectivity index (χ2n) is 9.59. The number of hydrogen-bond donors (Lipinski definition) is 3. The molecular weight excluding hydrogens is 532 g/mol. The molecule has 0 spiro atoms. The maximum atomic E-state index is 13.7. The molecule has 0 radical (unpaired) electrons. The Labute approximate surface area is 220 Å². The zero-order valence-electron chi connectivity index (χ0n) is 21.0. The standard InChI is InChI=1S/C25H27F6N5O3/c1-14(10-32)8-18(11-33)34-20(37)21(38)36-12-15(2)35(22(39)23(6-7-23)25(29,30)31)13-19(36)16-4-3-5-17(9-16)24(26,27)28/h3-5,8-11,15,19,32H,6-7,12-13,33H2,1-2H3,(H,34,37)/b14-8-,18-11+,32-10?/t15-,19-/m1/s1. The second kappa shape index (κ2) is 10.7. The van der Waals surface area contributed by atoms with Gasteiger partial charge in [0, 0.05) is 31.5 Å². The molecule has 2 aliphatic rings. The van der Waals surface area contributed by atoms with E-state index in [0.29, 0.717) is 5.57 Å². The van der Waals surface area contributed by atoms with Gasteiger partial charge in [-0.3, -0.25) is 14.4 Å². The Balaban J connectivity index is 1.98. The van der Waals surface area contributed by atoms with Gasteiger partial charge in [-0.15, -0.1) is 0 Å². The fraction of sp³-hybridized carbons (Fsp3) is 0.440. The van der Waals surface area contributed by atoms with E-state index < -0.39 is 79.1 Å². The maximum absolute atomic E-state index is 13.7. The van der Waals surface area contributed by atoms with Crippen LogP contribution >= 0.6 is 0 Å². The number of alkyl halides is 6. The van der Waals surface area contributed by atoms with Gasteiger partial charge in [0.2, 0.25) is 5.91 Å². The molecule has 0 unspecified atom stereocenters. The van der Waals surface area contributed by atoms with E-state index in [-0.39, 0.29) is 11.3 Å². The number of piperazine rings is 1. The van der Waals surface area contributed by atoms with E-state index in [1.807, 2.05) is 0 Å². The summed E-state index contributed by atoms with van der Waals surface area (Å²) in [7, 11) is 0. The van der Waals surface area contributed by atoms with Crippen LogP contribution in [0, 0.1) is 10.8 Å². The van der Waals surface area contributed by atoms with Crippen LogP contribution in [0.15, 0.2) is 47.8 Å². The molecule has 2 atom stereocenters. The summed E-state index contributed by atoms with van der Waals surface area (Å²) in [6.45, 7) is 1.96. The van der Waals surface area contributed by atoms with Gasteiger partial charge >= 0.3 is 24.2 Å². The number of allylic oxidation sites excluding steroid dienone is 2. The van der Waals surface area contributed by atoms with Crippen molar-refractivity contribution < 1.29 is 40.7 Å². The van der Waals surface area contributed by atoms with Gasteiger partial charge in [-0.2, -0.15) is 26.3 Å². The summed E-state index contributed by atoms with van der Waals surface area (Å²) in [6, 6.07) is 1.52. The molecule has 3 rings (SSSR count). The highest BCUT2D eigenvalue weighted by Crippen LogP contribution is 2.59. The number of benzene rings is 1. The molecule has 8 nitrogen and oxygen atoms in total. The monoisotopic (exact) mass is 559 g/mol. The first-order valence-corrected chi connectivity index (χ1v) is 11.8. The molecule has 0 bridgehead atoms. The quantitative estimate of drug-likeness (QED) is 0.221. The SMILES string of the molecule is C/C(C=N)=C/C(=C\N)NC(=O)C(=O)N1C[C@@H](C)N(C(=O)C2(C(F)(F)F)CC2)C[C@@H]1c1cccc(C(F)(F)F)c1. The normalized spacial score (nSPS) is 21.8. The molecule has 2 fully saturated rings. The number of nitrogens with one attached hydrogen (secondary N) is 2. The minimum Gasteiger partial charge on any atom is -0.403 e. The van der Waals surface area contributed by atoms with E-state index in [4.69, 9.17) is 11.1 Å². The van der Waals surface area contributed by atoms with Crippen molar-refractivity contribution in [3.8, 4) is 0 Å². The summed E-state index contributed by atoms with van der Waals surface area (Å²) < 4.78 is 81.3. The third-order valence-electron chi connectivity index (χ3n) is 6.80. The van der Waals surface area contributed by atoms with Gasteiger partial charge in [-0.05, 0) is 56.0 Å². The maximum Gasteiger partial charge on any atom is 0.416 e. The number of carbonyl (C=O) groups is 3. The summed E-state index contributed by atoms with van der Waals surface area (Å²) in [6.07, 6.45) is -7.15. The third-order valence-corrected chi connectivity index (χ3v) is 6.80. The van der Waals surface area contributed by atoms with Gasteiger partial charge in [0.05, 0.1) is 17.3 Å². The Kier molecular flexibility index (Phi) is 8.18. The minimum absolute atomic E-state index is 0.0346. The van der Waals surface area contributed by atoms with Crippen molar-refractivity contribution in [3.05, 3.63) is 58.9 Å². The fourth-order valence-electron chi connectivity index (χ4n) is 4.44. The van der Waals surface area contributed by atoms with Crippen LogP contribution in [0.25, 0.3) is 0 Å². The van der Waals surface area contributed by atoms with Gasteiger partial charge in [0.25, 0.3) is 0 Å². The first-order chi connectivity index (χ1) is 18.1. The van der Waals surface area contributed by atoms with Crippen molar-refractivity contribution in [2.45, 2.75) is 51.1 Å². The number of hydrogen-bond acceptors (Lipinski definition) is 5. The Bertz CT molecular complexity index is 1220. The Hall–Kier alpha value is -3.84. The van der Waals surface area contributed by atoms with Crippen LogP contribution in [0.1, 0.15) is 43.9 Å². The summed E-state index contributed by atoms with van der Waals surface area (Å²) in [5, 5.41) is 9.47. The summed E-state index contributed by atoms with van der Waals surface area (Å²) in [5.41, 5.74) is 2.07. The molecule has 39 heavy (non-hydrogen) atoms. The van der Waals surface area contributed by atoms with Gasteiger partial charge in [0.1, 0.15) is 5.41 Å². The smallest absolute Gasteiger partial charge is 0.403 e. The number of rotatable bonds is 5. The van der Waals surface area contributed by atoms with Crippen LogP contribution in [-0.2, 0) is 20.6 Å². The van der Waals surface area contributed by atoms with Crippen molar-refractivity contribution in [3.63, 3.8) is 0 Å². The predicted molar refractivity (Wildman–Crippen MR) is 128 cm³/mol. The Morgan fingerprint density at radius 1 is 1.10 bits per heavy atom. The lowest BCUT2D eigenvalue weighted by Crippen LogP contribution is -2.61. The van der Waals surface area contributed by atoms with Crippen LogP contribution in [-0.4, -0.2) is 59.0 Å². The molecule has 212 valence electrons. The molecule has 1 aromatic rings. The van der Waals surface area contributed by atoms with E-state index in [2.05, 4.69) is 5.32 Å². The predicted octanol–water partition coefficient (Wildman–Crippen LogP) is 3.66. The molecule has 1 saturated heterocycles. The lowest BCUT2D eigenvalue weighted by Gasteiger charge is -2.46. The molecule has 1 aliphatic carbocycles. The summed E-state index contributed by atoms with van der Waals surface area (Å²) in [5.74, 6) is -3.61. The number of nitrogens with two attached hydrogens (primary N) is 1. The number of halogens is 6. The topological polar surface area (TPSA) is 120 Å². The van der Waals surface area contributed by atoms with E-state index in [1.165, 1.54) is 26.0 Å². The van der Waals surface area contributed by atoms with Gasteiger partial charge in [-0.1, -0.05) is 12.1 Å². The Morgan fingerprint density at radius 2 is 1.74 bits per heavy atom. The molecule has 1 aliphatic heterocycles.